The Morgan fingerprint density at radius 2 is 1.07 bits per heavy atom. The summed E-state index contributed by atoms with van der Waals surface area (Å²) in [5.74, 6) is -0.812. The minimum atomic E-state index is -1.21. The van der Waals surface area contributed by atoms with Crippen LogP contribution in [0.4, 0.5) is 0 Å². The van der Waals surface area contributed by atoms with Crippen LogP contribution in [0.5, 0.6) is 0 Å². The third kappa shape index (κ3) is 34.1. The highest BCUT2D eigenvalue weighted by Crippen LogP contribution is 2.34. The van der Waals surface area contributed by atoms with Gasteiger partial charge in [-0.1, -0.05) is 141 Å². The topological polar surface area (TPSA) is 159 Å². The smallest absolute Gasteiger partial charge is 0.306 e. The summed E-state index contributed by atoms with van der Waals surface area (Å²) in [7, 11) is 1.44. The van der Waals surface area contributed by atoms with Crippen LogP contribution in [0, 0.1) is 0 Å². The van der Waals surface area contributed by atoms with E-state index in [1.165, 1.54) is 90.6 Å². The Hall–Kier alpha value is -1.90. The largest absolute Gasteiger partial charge is 0.463 e. The van der Waals surface area contributed by atoms with E-state index in [0.717, 1.165) is 70.6 Å². The zero-order valence-electron chi connectivity index (χ0n) is 43.8. The third-order valence-corrected chi connectivity index (χ3v) is 12.3. The Morgan fingerprint density at radius 1 is 0.612 bits per heavy atom. The summed E-state index contributed by atoms with van der Waals surface area (Å²) < 4.78 is 42.6. The number of aliphatic hydroxyl groups excluding tert-OH is 3. The van der Waals surface area contributed by atoms with Gasteiger partial charge in [0.15, 0.2) is 12.4 Å². The molecule has 7 atom stereocenters. The van der Waals surface area contributed by atoms with Gasteiger partial charge in [0.25, 0.3) is 0 Å². The van der Waals surface area contributed by atoms with Gasteiger partial charge in [0.2, 0.25) is 0 Å². The molecule has 7 unspecified atom stereocenters. The molecule has 12 heteroatoms. The first-order valence-electron chi connectivity index (χ1n) is 27.1. The molecule has 1 heterocycles. The maximum Gasteiger partial charge on any atom is 0.306 e. The van der Waals surface area contributed by atoms with Crippen molar-refractivity contribution in [3.63, 3.8) is 0 Å². The van der Waals surface area contributed by atoms with E-state index in [-0.39, 0.29) is 51.2 Å². The van der Waals surface area contributed by atoms with Crippen LogP contribution in [0.25, 0.3) is 0 Å². The number of allylic oxidation sites excluding steroid dienone is 4. The van der Waals surface area contributed by atoms with Gasteiger partial charge in [-0.05, 0) is 91.9 Å². The maximum atomic E-state index is 13.5. The number of aliphatic hydroxyl groups is 3. The SMILES string of the molecule is CCCCCCCC/C=C\CCCCCCCC(=O)OCC1OC(OC)C(OC(=O)CCCCCCC/C=C\CCCCCCCC)C(OC(C)(C)CC(O)COC(C)C)C1OCC(O)CO. The number of unbranched alkanes of at least 4 members (excludes halogenated alkanes) is 22. The number of ether oxygens (including phenoxy) is 7. The van der Waals surface area contributed by atoms with Gasteiger partial charge < -0.3 is 48.5 Å². The van der Waals surface area contributed by atoms with E-state index in [9.17, 15) is 24.9 Å². The van der Waals surface area contributed by atoms with Crippen molar-refractivity contribution >= 4 is 11.9 Å². The molecule has 0 spiro atoms. The second-order valence-corrected chi connectivity index (χ2v) is 19.8. The van der Waals surface area contributed by atoms with Gasteiger partial charge in [-0.25, -0.2) is 0 Å². The van der Waals surface area contributed by atoms with Crippen molar-refractivity contribution in [2.75, 3.05) is 33.5 Å². The normalized spacial score (nSPS) is 20.0. The molecule has 0 saturated carbocycles. The lowest BCUT2D eigenvalue weighted by atomic mass is 9.95. The zero-order valence-corrected chi connectivity index (χ0v) is 43.8. The maximum absolute atomic E-state index is 13.5. The molecule has 0 aromatic carbocycles. The number of hydrogen-bond acceptors (Lipinski definition) is 12. The number of carbonyl (C=O) groups is 2. The van der Waals surface area contributed by atoms with Crippen molar-refractivity contribution in [2.24, 2.45) is 0 Å². The summed E-state index contributed by atoms with van der Waals surface area (Å²) in [5, 5.41) is 30.9. The number of hydrogen-bond donors (Lipinski definition) is 3. The number of rotatable bonds is 45. The Balaban J connectivity index is 2.86. The van der Waals surface area contributed by atoms with Crippen molar-refractivity contribution in [3.05, 3.63) is 24.3 Å². The van der Waals surface area contributed by atoms with Gasteiger partial charge in [-0.3, -0.25) is 9.59 Å². The number of carbonyl (C=O) groups excluding carboxylic acids is 2. The van der Waals surface area contributed by atoms with Crippen molar-refractivity contribution < 1.29 is 58.1 Å². The molecule has 394 valence electrons. The third-order valence-electron chi connectivity index (χ3n) is 12.3. The average Bonchev–Trinajstić information content (AvgIpc) is 3.29. The van der Waals surface area contributed by atoms with E-state index in [1.807, 2.05) is 27.7 Å². The van der Waals surface area contributed by atoms with Crippen LogP contribution in [0.2, 0.25) is 0 Å². The van der Waals surface area contributed by atoms with Gasteiger partial charge >= 0.3 is 11.9 Å². The fourth-order valence-electron chi connectivity index (χ4n) is 8.42. The van der Waals surface area contributed by atoms with Gasteiger partial charge in [0.1, 0.15) is 31.0 Å². The van der Waals surface area contributed by atoms with E-state index in [4.69, 9.17) is 33.2 Å². The molecule has 3 N–H and O–H groups in total. The Morgan fingerprint density at radius 3 is 1.54 bits per heavy atom. The second-order valence-electron chi connectivity index (χ2n) is 19.8. The average molecular weight is 955 g/mol. The summed E-state index contributed by atoms with van der Waals surface area (Å²) >= 11 is 0. The second kappa shape index (κ2) is 41.8. The van der Waals surface area contributed by atoms with Crippen LogP contribution in [0.15, 0.2) is 24.3 Å². The van der Waals surface area contributed by atoms with E-state index >= 15 is 0 Å². The fourth-order valence-corrected chi connectivity index (χ4v) is 8.42. The lowest BCUT2D eigenvalue weighted by molar-refractivity contribution is -0.325. The first-order valence-corrected chi connectivity index (χ1v) is 27.1. The summed E-state index contributed by atoms with van der Waals surface area (Å²) in [6.07, 6.45) is 32.6. The molecule has 0 aromatic heterocycles. The van der Waals surface area contributed by atoms with E-state index < -0.39 is 61.1 Å². The summed E-state index contributed by atoms with van der Waals surface area (Å²) in [5.41, 5.74) is -1.00. The van der Waals surface area contributed by atoms with Gasteiger partial charge in [0.05, 0.1) is 37.6 Å². The monoisotopic (exact) mass is 955 g/mol. The highest BCUT2D eigenvalue weighted by atomic mass is 16.7. The van der Waals surface area contributed by atoms with Crippen LogP contribution < -0.4 is 0 Å². The molecule has 0 radical (unpaired) electrons. The molecule has 0 aromatic rings. The Bertz CT molecular complexity index is 1220. The molecular weight excluding hydrogens is 853 g/mol. The minimum absolute atomic E-state index is 0.0711. The summed E-state index contributed by atoms with van der Waals surface area (Å²) in [6.45, 7) is 11.0. The van der Waals surface area contributed by atoms with Crippen molar-refractivity contribution in [2.45, 2.75) is 282 Å². The summed E-state index contributed by atoms with van der Waals surface area (Å²) in [6, 6.07) is 0. The molecule has 0 bridgehead atoms. The highest BCUT2D eigenvalue weighted by Gasteiger charge is 2.52. The number of methoxy groups -OCH3 is 1. The van der Waals surface area contributed by atoms with Crippen LogP contribution in [-0.2, 0) is 42.7 Å². The molecule has 67 heavy (non-hydrogen) atoms. The lowest BCUT2D eigenvalue weighted by Crippen LogP contribution is -2.64. The van der Waals surface area contributed by atoms with Crippen molar-refractivity contribution in [1.29, 1.82) is 0 Å². The van der Waals surface area contributed by atoms with E-state index in [2.05, 4.69) is 38.2 Å². The van der Waals surface area contributed by atoms with Crippen molar-refractivity contribution in [3.8, 4) is 0 Å². The molecule has 1 rings (SSSR count). The fraction of sp³-hybridized carbons (Fsp3) is 0.891. The van der Waals surface area contributed by atoms with Gasteiger partial charge in [0, 0.05) is 26.4 Å². The molecular formula is C55H102O12. The zero-order chi connectivity index (χ0) is 49.4. The molecule has 0 amide bonds. The Labute approximate surface area is 409 Å². The Kier molecular flexibility index (Phi) is 39.4. The van der Waals surface area contributed by atoms with E-state index in [0.29, 0.717) is 12.8 Å². The van der Waals surface area contributed by atoms with Crippen LogP contribution in [0.1, 0.15) is 228 Å². The molecule has 1 fully saturated rings. The molecule has 1 saturated heterocycles. The van der Waals surface area contributed by atoms with Gasteiger partial charge in [-0.15, -0.1) is 0 Å². The van der Waals surface area contributed by atoms with Gasteiger partial charge in [-0.2, -0.15) is 0 Å². The summed E-state index contributed by atoms with van der Waals surface area (Å²) in [4.78, 5) is 26.5. The first-order chi connectivity index (χ1) is 32.4. The number of esters is 2. The molecule has 1 aliphatic rings. The predicted octanol–water partition coefficient (Wildman–Crippen LogP) is 12.0. The molecule has 0 aliphatic carbocycles. The quantitative estimate of drug-likeness (QED) is 0.0302. The van der Waals surface area contributed by atoms with Crippen LogP contribution >= 0.6 is 0 Å². The van der Waals surface area contributed by atoms with Crippen LogP contribution in [-0.4, -0.2) is 115 Å². The first kappa shape index (κ1) is 63.1. The van der Waals surface area contributed by atoms with E-state index in [1.54, 1.807) is 0 Å². The standard InChI is InChI=1S/C55H102O12/c1-8-10-12-14-16-18-20-22-24-26-28-30-32-34-36-38-49(59)63-44-48-51(64-43-47(58)41-56)52(67-55(5,6)40-46(57)42-62-45(3)4)53(54(61-7)65-48)66-50(60)39-37-35-33-31-29-27-25-23-21-19-17-15-13-11-9-2/h22-25,45-48,51-54,56-58H,8-21,26-44H2,1-7H3/b24-22-,25-23-. The predicted molar refractivity (Wildman–Crippen MR) is 269 cm³/mol. The lowest BCUT2D eigenvalue weighted by Gasteiger charge is -2.47. The molecule has 12 nitrogen and oxygen atoms in total. The minimum Gasteiger partial charge on any atom is -0.463 e. The van der Waals surface area contributed by atoms with Crippen molar-refractivity contribution in [1.82, 2.24) is 0 Å². The molecule has 1 aliphatic heterocycles. The van der Waals surface area contributed by atoms with Crippen LogP contribution in [0.3, 0.4) is 0 Å². The highest BCUT2D eigenvalue weighted by molar-refractivity contribution is 5.70.